The predicted octanol–water partition coefficient (Wildman–Crippen LogP) is 2.28. The van der Waals surface area contributed by atoms with Crippen LogP contribution < -0.4 is 5.32 Å². The Morgan fingerprint density at radius 2 is 1.81 bits per heavy atom. The fourth-order valence-electron chi connectivity index (χ4n) is 3.68. The van der Waals surface area contributed by atoms with Gasteiger partial charge < -0.3 is 14.8 Å². The van der Waals surface area contributed by atoms with Crippen LogP contribution in [0.2, 0.25) is 0 Å². The second-order valence-corrected chi connectivity index (χ2v) is 9.63. The Morgan fingerprint density at radius 1 is 1.15 bits per heavy atom. The van der Waals surface area contributed by atoms with Crippen LogP contribution in [-0.2, 0) is 19.3 Å². The molecule has 0 unspecified atom stereocenters. The zero-order valence-electron chi connectivity index (χ0n) is 16.1. The molecule has 1 N–H and O–H groups in total. The van der Waals surface area contributed by atoms with Crippen molar-refractivity contribution in [1.82, 2.24) is 9.97 Å². The van der Waals surface area contributed by atoms with Crippen molar-refractivity contribution < 1.29 is 17.9 Å². The number of aryl methyl sites for hydroxylation is 2. The maximum Gasteiger partial charge on any atom is 0.168 e. The Hall–Kier alpha value is -1.51. The van der Waals surface area contributed by atoms with Gasteiger partial charge in [-0.3, -0.25) is 0 Å². The van der Waals surface area contributed by atoms with Crippen molar-refractivity contribution in [3.63, 3.8) is 0 Å². The van der Waals surface area contributed by atoms with Crippen LogP contribution in [0.3, 0.4) is 0 Å². The molecular weight excluding hydrogens is 354 g/mol. The summed E-state index contributed by atoms with van der Waals surface area (Å²) in [5, 5.41) is 4.75. The first-order chi connectivity index (χ1) is 12.0. The first-order valence-corrected chi connectivity index (χ1v) is 10.7. The van der Waals surface area contributed by atoms with Crippen molar-refractivity contribution in [3.05, 3.63) is 28.6 Å². The number of fused-ring (bicyclic) bond motifs is 1. The zero-order chi connectivity index (χ0) is 19.3. The van der Waals surface area contributed by atoms with Gasteiger partial charge in [0.1, 0.15) is 17.7 Å². The van der Waals surface area contributed by atoms with Crippen LogP contribution >= 0.6 is 0 Å². The summed E-state index contributed by atoms with van der Waals surface area (Å²) in [6.45, 7) is 9.57. The third-order valence-corrected chi connectivity index (χ3v) is 5.56. The Morgan fingerprint density at radius 3 is 2.46 bits per heavy atom. The first kappa shape index (κ1) is 19.3. The summed E-state index contributed by atoms with van der Waals surface area (Å²) >= 11 is 0. The van der Waals surface area contributed by atoms with Gasteiger partial charge in [0.25, 0.3) is 0 Å². The minimum atomic E-state index is -3.18. The standard InChI is InChI=1S/C18H27N3O4S/c1-10-11(2)19-12(3)20-17(10)21-14-9-13(7-8-26(6,22)23)15-16(14)25-18(4,5)24-15/h7-8,13-16H,9H2,1-6H3,(H,19,20,21)/b8-7+/t13-,14+,15+,16-/m0/s1. The molecule has 1 saturated heterocycles. The molecule has 1 aliphatic carbocycles. The average molecular weight is 381 g/mol. The van der Waals surface area contributed by atoms with Crippen LogP contribution in [0.15, 0.2) is 11.5 Å². The molecule has 1 aliphatic heterocycles. The van der Waals surface area contributed by atoms with Gasteiger partial charge in [0.2, 0.25) is 0 Å². The van der Waals surface area contributed by atoms with Gasteiger partial charge in [-0.15, -0.1) is 0 Å². The fraction of sp³-hybridized carbons (Fsp3) is 0.667. The number of anilines is 1. The quantitative estimate of drug-likeness (QED) is 0.855. The number of hydrogen-bond acceptors (Lipinski definition) is 7. The number of nitrogens with zero attached hydrogens (tertiary/aromatic N) is 2. The van der Waals surface area contributed by atoms with E-state index in [1.807, 2.05) is 34.6 Å². The monoisotopic (exact) mass is 381 g/mol. The molecule has 26 heavy (non-hydrogen) atoms. The van der Waals surface area contributed by atoms with Crippen molar-refractivity contribution in [3.8, 4) is 0 Å². The SMILES string of the molecule is Cc1nc(C)c(C)c(N[C@@H]2C[C@H](/C=C/S(C)(=O)=O)[C@H]3OC(C)(C)O[C@H]32)n1. The molecule has 3 rings (SSSR count). The molecule has 8 heteroatoms. The van der Waals surface area contributed by atoms with Crippen LogP contribution in [0.4, 0.5) is 5.82 Å². The third-order valence-electron chi connectivity index (χ3n) is 4.90. The molecule has 4 atom stereocenters. The summed E-state index contributed by atoms with van der Waals surface area (Å²) in [5.74, 6) is 0.764. The molecule has 7 nitrogen and oxygen atoms in total. The largest absolute Gasteiger partial charge is 0.364 e. The van der Waals surface area contributed by atoms with E-state index in [4.69, 9.17) is 9.47 Å². The summed E-state index contributed by atoms with van der Waals surface area (Å²) in [7, 11) is -3.18. The summed E-state index contributed by atoms with van der Waals surface area (Å²) in [6.07, 6.45) is 3.26. The second-order valence-electron chi connectivity index (χ2n) is 7.70. The molecule has 144 valence electrons. The van der Waals surface area contributed by atoms with Gasteiger partial charge in [0, 0.05) is 28.8 Å². The number of nitrogens with one attached hydrogen (secondary N) is 1. The zero-order valence-corrected chi connectivity index (χ0v) is 16.9. The van der Waals surface area contributed by atoms with Gasteiger partial charge in [0.15, 0.2) is 15.6 Å². The first-order valence-electron chi connectivity index (χ1n) is 8.77. The number of hydrogen-bond donors (Lipinski definition) is 1. The van der Waals surface area contributed by atoms with Crippen molar-refractivity contribution >= 4 is 15.7 Å². The summed E-state index contributed by atoms with van der Waals surface area (Å²) in [6, 6.07) is -0.0246. The fourth-order valence-corrected chi connectivity index (χ4v) is 4.17. The number of rotatable bonds is 4. The normalized spacial score (nSPS) is 30.7. The number of aromatic nitrogens is 2. The van der Waals surface area contributed by atoms with E-state index in [0.717, 1.165) is 17.1 Å². The van der Waals surface area contributed by atoms with E-state index >= 15 is 0 Å². The maximum absolute atomic E-state index is 11.5. The van der Waals surface area contributed by atoms with E-state index in [0.29, 0.717) is 12.2 Å². The van der Waals surface area contributed by atoms with Gasteiger partial charge in [0.05, 0.1) is 12.1 Å². The van der Waals surface area contributed by atoms with Gasteiger partial charge in [-0.2, -0.15) is 0 Å². The summed E-state index contributed by atoms with van der Waals surface area (Å²) in [5.41, 5.74) is 1.94. The van der Waals surface area contributed by atoms with Gasteiger partial charge in [-0.05, 0) is 41.0 Å². The van der Waals surface area contributed by atoms with Gasteiger partial charge in [-0.1, -0.05) is 6.08 Å². The molecule has 0 bridgehead atoms. The van der Waals surface area contributed by atoms with Crippen LogP contribution in [0.1, 0.15) is 37.4 Å². The molecule has 2 fully saturated rings. The lowest BCUT2D eigenvalue weighted by Gasteiger charge is -2.24. The molecule has 1 aromatic rings. The van der Waals surface area contributed by atoms with E-state index in [9.17, 15) is 8.42 Å². The van der Waals surface area contributed by atoms with Crippen LogP contribution in [-0.4, -0.2) is 48.7 Å². The minimum absolute atomic E-state index is 0.0246. The molecule has 0 aromatic carbocycles. The summed E-state index contributed by atoms with van der Waals surface area (Å²) < 4.78 is 35.2. The Labute approximate surface area is 155 Å². The topological polar surface area (TPSA) is 90.4 Å². The average Bonchev–Trinajstić information content (AvgIpc) is 2.96. The highest BCUT2D eigenvalue weighted by Gasteiger charge is 2.53. The predicted molar refractivity (Wildman–Crippen MR) is 99.6 cm³/mol. The van der Waals surface area contributed by atoms with E-state index in [-0.39, 0.29) is 24.2 Å². The summed E-state index contributed by atoms with van der Waals surface area (Å²) in [4.78, 5) is 8.91. The number of sulfone groups is 1. The molecule has 1 aromatic heterocycles. The highest BCUT2D eigenvalue weighted by atomic mass is 32.2. The van der Waals surface area contributed by atoms with Gasteiger partial charge in [-0.25, -0.2) is 18.4 Å². The van der Waals surface area contributed by atoms with E-state index in [2.05, 4.69) is 15.3 Å². The van der Waals surface area contributed by atoms with Crippen LogP contribution in [0, 0.1) is 26.7 Å². The van der Waals surface area contributed by atoms with E-state index in [1.165, 1.54) is 11.7 Å². The molecule has 0 spiro atoms. The highest BCUT2D eigenvalue weighted by molar-refractivity contribution is 7.93. The van der Waals surface area contributed by atoms with Crippen molar-refractivity contribution in [2.45, 2.75) is 65.1 Å². The lowest BCUT2D eigenvalue weighted by atomic mass is 10.1. The third kappa shape index (κ3) is 4.07. The van der Waals surface area contributed by atoms with Crippen LogP contribution in [0.25, 0.3) is 0 Å². The molecule has 2 heterocycles. The molecule has 1 saturated carbocycles. The molecular formula is C18H27N3O4S. The highest BCUT2D eigenvalue weighted by Crippen LogP contribution is 2.43. The van der Waals surface area contributed by atoms with Gasteiger partial charge >= 0.3 is 0 Å². The minimum Gasteiger partial charge on any atom is -0.364 e. The number of ether oxygens (including phenoxy) is 2. The maximum atomic E-state index is 11.5. The van der Waals surface area contributed by atoms with Crippen molar-refractivity contribution in [1.29, 1.82) is 0 Å². The van der Waals surface area contributed by atoms with E-state index in [1.54, 1.807) is 6.08 Å². The molecule has 0 radical (unpaired) electrons. The van der Waals surface area contributed by atoms with Crippen LogP contribution in [0.5, 0.6) is 0 Å². The van der Waals surface area contributed by atoms with Crippen molar-refractivity contribution in [2.24, 2.45) is 5.92 Å². The lowest BCUT2D eigenvalue weighted by Crippen LogP contribution is -2.35. The van der Waals surface area contributed by atoms with Crippen molar-refractivity contribution in [2.75, 3.05) is 11.6 Å². The lowest BCUT2D eigenvalue weighted by molar-refractivity contribution is -0.155. The Balaban J connectivity index is 1.87. The second kappa shape index (κ2) is 6.58. The van der Waals surface area contributed by atoms with E-state index < -0.39 is 15.6 Å². The smallest absolute Gasteiger partial charge is 0.168 e. The molecule has 0 amide bonds. The molecule has 2 aliphatic rings. The Bertz CT molecular complexity index is 835. The Kier molecular flexibility index (Phi) is 4.87.